The molecule has 2 aliphatic rings. The van der Waals surface area contributed by atoms with Crippen molar-refractivity contribution >= 4 is 11.9 Å². The van der Waals surface area contributed by atoms with E-state index in [0.29, 0.717) is 39.1 Å². The van der Waals surface area contributed by atoms with Gasteiger partial charge in [0.25, 0.3) is 0 Å². The molecule has 1 aromatic carbocycles. The van der Waals surface area contributed by atoms with Crippen LogP contribution < -0.4 is 4.74 Å². The molecular formula is C20H29N3O3. The number of fused-ring (bicyclic) bond motifs is 1. The Morgan fingerprint density at radius 2 is 1.85 bits per heavy atom. The molecular weight excluding hydrogens is 330 g/mol. The summed E-state index contributed by atoms with van der Waals surface area (Å²) in [6, 6.07) is 7.98. The van der Waals surface area contributed by atoms with E-state index in [-0.39, 0.29) is 23.4 Å². The number of amides is 3. The molecule has 2 fully saturated rings. The molecule has 2 aliphatic heterocycles. The summed E-state index contributed by atoms with van der Waals surface area (Å²) in [5.41, 5.74) is 1.07. The van der Waals surface area contributed by atoms with Crippen molar-refractivity contribution in [2.75, 3.05) is 33.3 Å². The lowest BCUT2D eigenvalue weighted by atomic mass is 9.91. The van der Waals surface area contributed by atoms with Crippen LogP contribution in [-0.2, 0) is 11.3 Å². The molecule has 3 rings (SSSR count). The highest BCUT2D eigenvalue weighted by atomic mass is 16.5. The second-order valence-corrected chi connectivity index (χ2v) is 8.44. The number of piperazine rings is 1. The Bertz CT molecular complexity index is 666. The second-order valence-electron chi connectivity index (χ2n) is 8.44. The lowest BCUT2D eigenvalue weighted by Gasteiger charge is -2.37. The molecule has 142 valence electrons. The summed E-state index contributed by atoms with van der Waals surface area (Å²) in [6.45, 7) is 9.40. The Morgan fingerprint density at radius 1 is 1.15 bits per heavy atom. The third-order valence-corrected chi connectivity index (χ3v) is 5.00. The van der Waals surface area contributed by atoms with Gasteiger partial charge in [-0.05, 0) is 23.1 Å². The van der Waals surface area contributed by atoms with E-state index >= 15 is 0 Å². The molecule has 0 aliphatic carbocycles. The minimum atomic E-state index is -0.0138. The normalized spacial score (nSPS) is 20.4. The van der Waals surface area contributed by atoms with E-state index in [9.17, 15) is 9.59 Å². The number of methoxy groups -OCH3 is 1. The smallest absolute Gasteiger partial charge is 0.320 e. The molecule has 2 saturated heterocycles. The predicted molar refractivity (Wildman–Crippen MR) is 99.9 cm³/mol. The monoisotopic (exact) mass is 359 g/mol. The van der Waals surface area contributed by atoms with Gasteiger partial charge >= 0.3 is 6.03 Å². The molecule has 0 N–H and O–H groups in total. The van der Waals surface area contributed by atoms with Gasteiger partial charge in [0.1, 0.15) is 5.75 Å². The zero-order chi connectivity index (χ0) is 18.9. The molecule has 0 aromatic heterocycles. The number of carbonyl (C=O) groups is 2. The average molecular weight is 359 g/mol. The average Bonchev–Trinajstić information content (AvgIpc) is 2.89. The molecule has 0 bridgehead atoms. The molecule has 1 atom stereocenters. The van der Waals surface area contributed by atoms with Gasteiger partial charge in [0.2, 0.25) is 5.91 Å². The SMILES string of the molecule is COc1ccc(CN2C[C@H]3CN(C(=O)CC(C)(C)C)CCN3C2=O)cc1. The summed E-state index contributed by atoms with van der Waals surface area (Å²) >= 11 is 0. The van der Waals surface area contributed by atoms with Crippen LogP contribution in [0.15, 0.2) is 24.3 Å². The van der Waals surface area contributed by atoms with Crippen LogP contribution >= 0.6 is 0 Å². The number of urea groups is 1. The second kappa shape index (κ2) is 7.17. The van der Waals surface area contributed by atoms with Gasteiger partial charge in [-0.2, -0.15) is 0 Å². The fourth-order valence-corrected chi connectivity index (χ4v) is 3.65. The van der Waals surface area contributed by atoms with E-state index in [4.69, 9.17) is 4.74 Å². The highest BCUT2D eigenvalue weighted by Gasteiger charge is 2.41. The number of nitrogens with zero attached hydrogens (tertiary/aromatic N) is 3. The van der Waals surface area contributed by atoms with Gasteiger partial charge in [-0.15, -0.1) is 0 Å². The maximum Gasteiger partial charge on any atom is 0.320 e. The molecule has 26 heavy (non-hydrogen) atoms. The van der Waals surface area contributed by atoms with Gasteiger partial charge in [-0.3, -0.25) is 4.79 Å². The molecule has 0 saturated carbocycles. The zero-order valence-corrected chi connectivity index (χ0v) is 16.2. The van der Waals surface area contributed by atoms with Crippen LogP contribution in [0.3, 0.4) is 0 Å². The molecule has 0 radical (unpaired) electrons. The van der Waals surface area contributed by atoms with E-state index in [2.05, 4.69) is 20.8 Å². The van der Waals surface area contributed by atoms with Gasteiger partial charge in [0.15, 0.2) is 0 Å². The van der Waals surface area contributed by atoms with E-state index in [1.54, 1.807) is 7.11 Å². The lowest BCUT2D eigenvalue weighted by molar-refractivity contribution is -0.135. The van der Waals surface area contributed by atoms with Gasteiger partial charge < -0.3 is 19.4 Å². The molecule has 1 aromatic rings. The summed E-state index contributed by atoms with van der Waals surface area (Å²) in [7, 11) is 1.64. The Morgan fingerprint density at radius 3 is 2.46 bits per heavy atom. The number of rotatable bonds is 4. The maximum absolute atomic E-state index is 12.7. The highest BCUT2D eigenvalue weighted by molar-refractivity contribution is 5.80. The fraction of sp³-hybridized carbons (Fsp3) is 0.600. The first-order valence-electron chi connectivity index (χ1n) is 9.23. The number of benzene rings is 1. The standard InChI is InChI=1S/C20H29N3O3/c1-20(2,3)11-18(24)21-9-10-23-16(13-21)14-22(19(23)25)12-15-5-7-17(26-4)8-6-15/h5-8,16H,9-14H2,1-4H3/t16-/m1/s1. The van der Waals surface area contributed by atoms with Crippen LogP contribution in [0.1, 0.15) is 32.8 Å². The van der Waals surface area contributed by atoms with Crippen LogP contribution in [0.5, 0.6) is 5.75 Å². The van der Waals surface area contributed by atoms with Crippen molar-refractivity contribution in [2.24, 2.45) is 5.41 Å². The minimum absolute atomic E-state index is 0.0138. The first kappa shape index (κ1) is 18.5. The number of carbonyl (C=O) groups excluding carboxylic acids is 2. The summed E-state index contributed by atoms with van der Waals surface area (Å²) in [5.74, 6) is 1.00. The van der Waals surface area contributed by atoms with E-state index in [0.717, 1.165) is 11.3 Å². The summed E-state index contributed by atoms with van der Waals surface area (Å²) in [6.07, 6.45) is 0.545. The van der Waals surface area contributed by atoms with E-state index < -0.39 is 0 Å². The number of ether oxygens (including phenoxy) is 1. The van der Waals surface area contributed by atoms with Crippen LogP contribution in [-0.4, -0.2) is 66.0 Å². The van der Waals surface area contributed by atoms with Gasteiger partial charge in [0, 0.05) is 39.1 Å². The first-order chi connectivity index (χ1) is 12.3. The minimum Gasteiger partial charge on any atom is -0.497 e. The van der Waals surface area contributed by atoms with Gasteiger partial charge in [0.05, 0.1) is 13.2 Å². The fourth-order valence-electron chi connectivity index (χ4n) is 3.65. The van der Waals surface area contributed by atoms with Crippen molar-refractivity contribution in [3.05, 3.63) is 29.8 Å². The van der Waals surface area contributed by atoms with Crippen molar-refractivity contribution in [1.29, 1.82) is 0 Å². The van der Waals surface area contributed by atoms with Crippen molar-refractivity contribution in [1.82, 2.24) is 14.7 Å². The Hall–Kier alpha value is -2.24. The molecule has 0 spiro atoms. The molecule has 6 nitrogen and oxygen atoms in total. The maximum atomic E-state index is 12.7. The third kappa shape index (κ3) is 4.11. The Balaban J connectivity index is 1.61. The third-order valence-electron chi connectivity index (χ3n) is 5.00. The molecule has 6 heteroatoms. The molecule has 3 amide bonds. The quantitative estimate of drug-likeness (QED) is 0.830. The van der Waals surface area contributed by atoms with Crippen LogP contribution in [0.25, 0.3) is 0 Å². The molecule has 2 heterocycles. The van der Waals surface area contributed by atoms with Crippen molar-refractivity contribution in [2.45, 2.75) is 39.8 Å². The van der Waals surface area contributed by atoms with Gasteiger partial charge in [-0.1, -0.05) is 32.9 Å². The van der Waals surface area contributed by atoms with Crippen molar-refractivity contribution in [3.8, 4) is 5.75 Å². The van der Waals surface area contributed by atoms with Crippen molar-refractivity contribution in [3.63, 3.8) is 0 Å². The summed E-state index contributed by atoms with van der Waals surface area (Å²) in [5, 5.41) is 0. The Labute approximate surface area is 155 Å². The molecule has 0 unspecified atom stereocenters. The lowest BCUT2D eigenvalue weighted by Crippen LogP contribution is -2.54. The van der Waals surface area contributed by atoms with Gasteiger partial charge in [-0.25, -0.2) is 4.79 Å². The summed E-state index contributed by atoms with van der Waals surface area (Å²) in [4.78, 5) is 30.9. The highest BCUT2D eigenvalue weighted by Crippen LogP contribution is 2.25. The Kier molecular flexibility index (Phi) is 5.12. The topological polar surface area (TPSA) is 53.1 Å². The van der Waals surface area contributed by atoms with E-state index in [1.165, 1.54) is 0 Å². The van der Waals surface area contributed by atoms with Crippen LogP contribution in [0.4, 0.5) is 4.79 Å². The zero-order valence-electron chi connectivity index (χ0n) is 16.2. The van der Waals surface area contributed by atoms with Crippen molar-refractivity contribution < 1.29 is 14.3 Å². The van der Waals surface area contributed by atoms with E-state index in [1.807, 2.05) is 39.0 Å². The van der Waals surface area contributed by atoms with Crippen LogP contribution in [0.2, 0.25) is 0 Å². The largest absolute Gasteiger partial charge is 0.497 e. The number of hydrogen-bond acceptors (Lipinski definition) is 3. The predicted octanol–water partition coefficient (Wildman–Crippen LogP) is 2.58. The number of hydrogen-bond donors (Lipinski definition) is 0. The summed E-state index contributed by atoms with van der Waals surface area (Å²) < 4.78 is 5.18. The van der Waals surface area contributed by atoms with Crippen LogP contribution in [0, 0.1) is 5.41 Å². The first-order valence-corrected chi connectivity index (χ1v) is 9.23.